The van der Waals surface area contributed by atoms with Gasteiger partial charge in [-0.25, -0.2) is 22.6 Å². The van der Waals surface area contributed by atoms with Crippen molar-refractivity contribution in [2.24, 2.45) is 0 Å². The number of benzene rings is 3. The van der Waals surface area contributed by atoms with Crippen molar-refractivity contribution in [2.45, 2.75) is 57.2 Å². The molecule has 1 atom stereocenters. The first-order chi connectivity index (χ1) is 21.8. The number of halogens is 1. The molecule has 0 spiro atoms. The van der Waals surface area contributed by atoms with Gasteiger partial charge in [-0.3, -0.25) is 10.1 Å². The first kappa shape index (κ1) is 35.8. The highest BCUT2D eigenvalue weighted by molar-refractivity contribution is 7.92. The molecule has 1 aromatic heterocycles. The van der Waals surface area contributed by atoms with E-state index in [1.54, 1.807) is 39.1 Å². The van der Waals surface area contributed by atoms with E-state index in [0.29, 0.717) is 34.3 Å². The van der Waals surface area contributed by atoms with Crippen molar-refractivity contribution in [3.8, 4) is 0 Å². The lowest BCUT2D eigenvalue weighted by atomic mass is 9.97. The van der Waals surface area contributed by atoms with Crippen LogP contribution in [0.25, 0.3) is 10.8 Å². The summed E-state index contributed by atoms with van der Waals surface area (Å²) >= 11 is 0. The number of aryl methyl sites for hydroxylation is 1. The van der Waals surface area contributed by atoms with Crippen molar-refractivity contribution in [1.29, 1.82) is 0 Å². The Hall–Kier alpha value is -4.71. The largest absolute Gasteiger partial charge is 0.449 e. The zero-order valence-electron chi connectivity index (χ0n) is 27.0. The van der Waals surface area contributed by atoms with E-state index < -0.39 is 21.2 Å². The number of sulfone groups is 1. The quantitative estimate of drug-likeness (QED) is 0.156. The van der Waals surface area contributed by atoms with Crippen molar-refractivity contribution in [1.82, 2.24) is 9.88 Å². The zero-order valence-corrected chi connectivity index (χ0v) is 27.8. The first-order valence-electron chi connectivity index (χ1n) is 14.9. The van der Waals surface area contributed by atoms with Crippen LogP contribution in [0.1, 0.15) is 50.3 Å². The Morgan fingerprint density at radius 2 is 1.76 bits per heavy atom. The van der Waals surface area contributed by atoms with E-state index in [0.717, 1.165) is 29.6 Å². The molecule has 0 saturated heterocycles. The fourth-order valence-corrected chi connectivity index (χ4v) is 6.00. The van der Waals surface area contributed by atoms with Crippen molar-refractivity contribution in [2.75, 3.05) is 36.6 Å². The summed E-state index contributed by atoms with van der Waals surface area (Å²) in [7, 11) is -1.99. The van der Waals surface area contributed by atoms with Crippen LogP contribution in [0.2, 0.25) is 0 Å². The normalized spacial score (nSPS) is 11.7. The highest BCUT2D eigenvalue weighted by Crippen LogP contribution is 2.27. The number of nitrogen functional groups attached to an aromatic ring is 1. The Morgan fingerprint density at radius 3 is 2.41 bits per heavy atom. The number of carbonyl (C=O) groups excluding carboxylic acids is 2. The van der Waals surface area contributed by atoms with E-state index in [9.17, 15) is 22.4 Å². The predicted octanol–water partition coefficient (Wildman–Crippen LogP) is 6.51. The summed E-state index contributed by atoms with van der Waals surface area (Å²) in [5, 5.41) is 6.30. The molecule has 0 aliphatic carbocycles. The van der Waals surface area contributed by atoms with Crippen LogP contribution in [0.15, 0.2) is 71.8 Å². The molecule has 2 amide bonds. The highest BCUT2D eigenvalue weighted by atomic mass is 32.2. The number of pyridine rings is 1. The van der Waals surface area contributed by atoms with Crippen LogP contribution in [0.3, 0.4) is 0 Å². The molecule has 4 N–H and O–H groups in total. The molecule has 246 valence electrons. The maximum atomic E-state index is 13.4. The summed E-state index contributed by atoms with van der Waals surface area (Å²) in [5.74, 6) is 0.0377. The number of amides is 2. The summed E-state index contributed by atoms with van der Waals surface area (Å²) in [5.41, 5.74) is 9.59. The third kappa shape index (κ3) is 9.16. The van der Waals surface area contributed by atoms with Crippen LogP contribution >= 0.6 is 0 Å². The minimum absolute atomic E-state index is 0.0299. The molecule has 0 unspecified atom stereocenters. The minimum atomic E-state index is -3.55. The minimum Gasteiger partial charge on any atom is -0.449 e. The second-order valence-electron chi connectivity index (χ2n) is 11.2. The van der Waals surface area contributed by atoms with Crippen molar-refractivity contribution in [3.63, 3.8) is 0 Å². The molecule has 0 fully saturated rings. The SMILES string of the molecule is CCNc1ccc2c(N)ncc(F)c2c1.Cc1ccccc1[C@@H](C)COC(=O)Nc1ccc(S(=O)(=O)C(C)C)c(CN(C)C=O)c1. The smallest absolute Gasteiger partial charge is 0.411 e. The second kappa shape index (κ2) is 16.0. The van der Waals surface area contributed by atoms with E-state index in [-0.39, 0.29) is 29.8 Å². The predicted molar refractivity (Wildman–Crippen MR) is 181 cm³/mol. The Labute approximate surface area is 270 Å². The van der Waals surface area contributed by atoms with Gasteiger partial charge < -0.3 is 20.7 Å². The van der Waals surface area contributed by atoms with E-state index >= 15 is 0 Å². The molecule has 0 radical (unpaired) electrons. The van der Waals surface area contributed by atoms with Gasteiger partial charge in [0.05, 0.1) is 22.9 Å². The summed E-state index contributed by atoms with van der Waals surface area (Å²) < 4.78 is 44.2. The van der Waals surface area contributed by atoms with Crippen LogP contribution in [-0.2, 0) is 25.9 Å². The third-order valence-corrected chi connectivity index (χ3v) is 9.52. The summed E-state index contributed by atoms with van der Waals surface area (Å²) in [4.78, 5) is 28.6. The van der Waals surface area contributed by atoms with Crippen molar-refractivity contribution in [3.05, 3.63) is 89.4 Å². The number of nitrogens with zero attached hydrogens (tertiary/aromatic N) is 2. The van der Waals surface area contributed by atoms with Gasteiger partial charge in [0.25, 0.3) is 0 Å². The van der Waals surface area contributed by atoms with E-state index in [1.807, 2.05) is 51.1 Å². The molecule has 3 aromatic carbocycles. The molecule has 46 heavy (non-hydrogen) atoms. The van der Waals surface area contributed by atoms with E-state index in [4.69, 9.17) is 10.5 Å². The van der Waals surface area contributed by atoms with Crippen LogP contribution in [0.4, 0.5) is 26.4 Å². The molecular formula is C34H42FN5O5S. The molecule has 0 aliphatic heterocycles. The standard InChI is InChI=1S/C23H30N2O5S.C11H12FN3/c1-16(2)31(28,29)22-11-10-20(12-19(22)13-25(5)15-26)24-23(27)30-14-18(4)21-9-7-6-8-17(21)3;1-2-14-7-3-4-8-9(5-7)10(12)6-15-11(8)13/h6-12,15-16,18H,13-14H2,1-5H3,(H,24,27);3-6,14H,2H2,1H3,(H2,13,15)/t18-;/m0./s1. The molecular weight excluding hydrogens is 609 g/mol. The number of hydrogen-bond donors (Lipinski definition) is 3. The Balaban J connectivity index is 0.000000318. The van der Waals surface area contributed by atoms with Gasteiger partial charge in [-0.2, -0.15) is 0 Å². The first-order valence-corrected chi connectivity index (χ1v) is 16.4. The average molecular weight is 652 g/mol. The number of carbonyl (C=O) groups is 2. The summed E-state index contributed by atoms with van der Waals surface area (Å²) in [6.45, 7) is 10.3. The molecule has 12 heteroatoms. The number of nitrogens with two attached hydrogens (primary N) is 1. The zero-order chi connectivity index (χ0) is 34.0. The van der Waals surface area contributed by atoms with Gasteiger partial charge in [-0.1, -0.05) is 31.2 Å². The lowest BCUT2D eigenvalue weighted by molar-refractivity contribution is -0.117. The Kier molecular flexibility index (Phi) is 12.5. The Bertz CT molecular complexity index is 1780. The molecule has 0 aliphatic rings. The topological polar surface area (TPSA) is 144 Å². The monoisotopic (exact) mass is 651 g/mol. The molecule has 10 nitrogen and oxygen atoms in total. The van der Waals surface area contributed by atoms with Gasteiger partial charge in [0.15, 0.2) is 9.84 Å². The maximum absolute atomic E-state index is 13.4. The summed E-state index contributed by atoms with van der Waals surface area (Å²) in [6, 6.07) is 17.8. The second-order valence-corrected chi connectivity index (χ2v) is 13.7. The van der Waals surface area contributed by atoms with Gasteiger partial charge in [0.2, 0.25) is 6.41 Å². The van der Waals surface area contributed by atoms with Crippen molar-refractivity contribution >= 4 is 50.3 Å². The van der Waals surface area contributed by atoms with Crippen LogP contribution in [0, 0.1) is 12.7 Å². The fraction of sp³-hybridized carbons (Fsp3) is 0.324. The number of ether oxygens (including phenoxy) is 1. The van der Waals surface area contributed by atoms with Crippen LogP contribution < -0.4 is 16.4 Å². The van der Waals surface area contributed by atoms with Gasteiger partial charge in [0.1, 0.15) is 11.6 Å². The van der Waals surface area contributed by atoms with Crippen molar-refractivity contribution < 1.29 is 27.1 Å². The molecule has 4 rings (SSSR count). The number of rotatable bonds is 11. The average Bonchev–Trinajstić information content (AvgIpc) is 3.02. The number of nitrogens with one attached hydrogen (secondary N) is 2. The van der Waals surface area contributed by atoms with E-state index in [1.165, 1.54) is 17.0 Å². The number of fused-ring (bicyclic) bond motifs is 1. The highest BCUT2D eigenvalue weighted by Gasteiger charge is 2.24. The lowest BCUT2D eigenvalue weighted by Crippen LogP contribution is -2.21. The Morgan fingerprint density at radius 1 is 1.07 bits per heavy atom. The van der Waals surface area contributed by atoms with Gasteiger partial charge in [-0.15, -0.1) is 0 Å². The lowest BCUT2D eigenvalue weighted by Gasteiger charge is -2.18. The van der Waals surface area contributed by atoms with Gasteiger partial charge >= 0.3 is 6.09 Å². The number of aromatic nitrogens is 1. The van der Waals surface area contributed by atoms with Gasteiger partial charge in [-0.05, 0) is 80.8 Å². The maximum Gasteiger partial charge on any atom is 0.411 e. The number of anilines is 3. The number of hydrogen-bond acceptors (Lipinski definition) is 8. The van der Waals surface area contributed by atoms with Gasteiger partial charge in [0, 0.05) is 48.2 Å². The summed E-state index contributed by atoms with van der Waals surface area (Å²) in [6.07, 6.45) is 1.13. The van der Waals surface area contributed by atoms with Crippen LogP contribution in [0.5, 0.6) is 0 Å². The van der Waals surface area contributed by atoms with Crippen LogP contribution in [-0.4, -0.2) is 56.3 Å². The molecule has 0 saturated carbocycles. The third-order valence-electron chi connectivity index (χ3n) is 7.27. The molecule has 4 aromatic rings. The molecule has 0 bridgehead atoms. The fourth-order valence-electron chi connectivity index (χ4n) is 4.75. The molecule has 1 heterocycles. The van der Waals surface area contributed by atoms with E-state index in [2.05, 4.69) is 15.6 Å².